The molecule has 0 unspecified atom stereocenters. The Morgan fingerprint density at radius 2 is 1.31 bits per heavy atom. The van der Waals surface area contributed by atoms with Gasteiger partial charge in [0.1, 0.15) is 22.7 Å². The first-order valence-electron chi connectivity index (χ1n) is 8.00. The molecular formula is C18H25ClO7. The van der Waals surface area contributed by atoms with Gasteiger partial charge in [0.15, 0.2) is 0 Å². The minimum absolute atomic E-state index is 0.0273. The van der Waals surface area contributed by atoms with E-state index in [9.17, 15) is 14.7 Å². The first kappa shape index (κ1) is 22.1. The van der Waals surface area contributed by atoms with Gasteiger partial charge >= 0.3 is 12.3 Å². The lowest BCUT2D eigenvalue weighted by molar-refractivity contribution is 0.0203. The summed E-state index contributed by atoms with van der Waals surface area (Å²) >= 11 is 5.66. The van der Waals surface area contributed by atoms with E-state index in [1.54, 1.807) is 41.5 Å². The topological polar surface area (TPSA) is 91.3 Å². The fraction of sp³-hybridized carbons (Fsp3) is 0.556. The molecule has 0 aliphatic heterocycles. The number of ether oxygens (including phenoxy) is 4. The monoisotopic (exact) mass is 388 g/mol. The van der Waals surface area contributed by atoms with Crippen molar-refractivity contribution in [3.05, 3.63) is 23.8 Å². The Morgan fingerprint density at radius 1 is 0.923 bits per heavy atom. The van der Waals surface area contributed by atoms with E-state index in [1.165, 1.54) is 18.2 Å². The molecule has 0 saturated heterocycles. The van der Waals surface area contributed by atoms with E-state index in [-0.39, 0.29) is 17.4 Å². The van der Waals surface area contributed by atoms with Gasteiger partial charge < -0.3 is 24.1 Å². The molecule has 0 aliphatic carbocycles. The molecule has 1 aromatic carbocycles. The molecular weight excluding hydrogens is 364 g/mol. The molecule has 0 radical (unpaired) electrons. The van der Waals surface area contributed by atoms with E-state index in [0.717, 1.165) is 0 Å². The van der Waals surface area contributed by atoms with Crippen LogP contribution in [0.3, 0.4) is 0 Å². The minimum Gasteiger partial charge on any atom is -0.428 e. The van der Waals surface area contributed by atoms with Crippen LogP contribution in [0.1, 0.15) is 53.2 Å². The van der Waals surface area contributed by atoms with Gasteiger partial charge in [-0.05, 0) is 59.2 Å². The number of carbonyl (C=O) groups is 2. The van der Waals surface area contributed by atoms with Crippen molar-refractivity contribution >= 4 is 23.9 Å². The zero-order chi connectivity index (χ0) is 20.1. The van der Waals surface area contributed by atoms with Gasteiger partial charge in [-0.25, -0.2) is 9.59 Å². The highest BCUT2D eigenvalue weighted by molar-refractivity contribution is 6.18. The second-order valence-corrected chi connectivity index (χ2v) is 7.85. The molecule has 1 N–H and O–H groups in total. The van der Waals surface area contributed by atoms with Gasteiger partial charge in [0.25, 0.3) is 0 Å². The molecule has 1 aromatic rings. The third-order valence-electron chi connectivity index (χ3n) is 2.61. The number of hydrogen-bond acceptors (Lipinski definition) is 7. The van der Waals surface area contributed by atoms with Crippen molar-refractivity contribution in [1.82, 2.24) is 0 Å². The number of aliphatic hydroxyl groups excluding tert-OH is 1. The highest BCUT2D eigenvalue weighted by Gasteiger charge is 2.21. The Morgan fingerprint density at radius 3 is 1.62 bits per heavy atom. The molecule has 0 bridgehead atoms. The Balaban J connectivity index is 3.03. The van der Waals surface area contributed by atoms with E-state index in [4.69, 9.17) is 30.5 Å². The van der Waals surface area contributed by atoms with Gasteiger partial charge in [0, 0.05) is 6.07 Å². The van der Waals surface area contributed by atoms with Gasteiger partial charge in [0.2, 0.25) is 0 Å². The first-order valence-corrected chi connectivity index (χ1v) is 8.53. The molecule has 0 fully saturated rings. The standard InChI is InChI=1S/C18H25ClO7/c1-17(2,3)25-15(21)23-12-7-11(14(20)10-19)8-13(9-12)24-16(22)26-18(4,5)6/h7-9,14,20H,10H2,1-6H3/t14-/m0/s1. The number of carbonyl (C=O) groups excluding carboxylic acids is 2. The Kier molecular flexibility index (Phi) is 7.29. The maximum absolute atomic E-state index is 11.8. The number of hydrogen-bond donors (Lipinski definition) is 1. The molecule has 146 valence electrons. The maximum Gasteiger partial charge on any atom is 0.514 e. The summed E-state index contributed by atoms with van der Waals surface area (Å²) in [4.78, 5) is 23.7. The van der Waals surface area contributed by atoms with E-state index in [2.05, 4.69) is 0 Å². The number of benzene rings is 1. The zero-order valence-electron chi connectivity index (χ0n) is 15.8. The lowest BCUT2D eigenvalue weighted by Crippen LogP contribution is -2.26. The predicted molar refractivity (Wildman–Crippen MR) is 95.8 cm³/mol. The van der Waals surface area contributed by atoms with Crippen LogP contribution >= 0.6 is 11.6 Å². The predicted octanol–water partition coefficient (Wildman–Crippen LogP) is 4.59. The number of aliphatic hydroxyl groups is 1. The normalized spacial score (nSPS) is 12.9. The van der Waals surface area contributed by atoms with Gasteiger partial charge in [-0.15, -0.1) is 11.6 Å². The van der Waals surface area contributed by atoms with Gasteiger partial charge in [0.05, 0.1) is 12.0 Å². The Hall–Kier alpha value is -1.99. The molecule has 0 aliphatic rings. The second kappa shape index (κ2) is 8.60. The SMILES string of the molecule is CC(C)(C)OC(=O)Oc1cc(OC(=O)OC(C)(C)C)cc([C@@H](O)CCl)c1. The summed E-state index contributed by atoms with van der Waals surface area (Å²) in [6.07, 6.45) is -2.91. The Bertz CT molecular complexity index is 596. The third kappa shape index (κ3) is 8.40. The van der Waals surface area contributed by atoms with Gasteiger partial charge in [-0.2, -0.15) is 0 Å². The molecule has 0 spiro atoms. The van der Waals surface area contributed by atoms with Crippen molar-refractivity contribution in [2.75, 3.05) is 5.88 Å². The summed E-state index contributed by atoms with van der Waals surface area (Å²) in [5, 5.41) is 9.94. The van der Waals surface area contributed by atoms with E-state index >= 15 is 0 Å². The van der Waals surface area contributed by atoms with Crippen molar-refractivity contribution in [2.45, 2.75) is 58.8 Å². The molecule has 0 aromatic heterocycles. The van der Waals surface area contributed by atoms with Gasteiger partial charge in [-0.1, -0.05) is 0 Å². The molecule has 0 amide bonds. The van der Waals surface area contributed by atoms with E-state index in [1.807, 2.05) is 0 Å². The molecule has 7 nitrogen and oxygen atoms in total. The van der Waals surface area contributed by atoms with Crippen LogP contribution in [0.5, 0.6) is 11.5 Å². The average Bonchev–Trinajstić information content (AvgIpc) is 2.41. The molecule has 0 saturated carbocycles. The van der Waals surface area contributed by atoms with E-state index < -0.39 is 29.6 Å². The zero-order valence-corrected chi connectivity index (χ0v) is 16.5. The van der Waals surface area contributed by atoms with Crippen LogP contribution in [0.15, 0.2) is 18.2 Å². The molecule has 1 rings (SSSR count). The van der Waals surface area contributed by atoms with Crippen LogP contribution in [0.25, 0.3) is 0 Å². The first-order chi connectivity index (χ1) is 11.8. The van der Waals surface area contributed by atoms with Crippen LogP contribution in [0.4, 0.5) is 9.59 Å². The molecule has 0 heterocycles. The molecule has 8 heteroatoms. The lowest BCUT2D eigenvalue weighted by Gasteiger charge is -2.20. The highest BCUT2D eigenvalue weighted by Crippen LogP contribution is 2.28. The van der Waals surface area contributed by atoms with Gasteiger partial charge in [-0.3, -0.25) is 0 Å². The van der Waals surface area contributed by atoms with Crippen LogP contribution < -0.4 is 9.47 Å². The number of halogens is 1. The summed E-state index contributed by atoms with van der Waals surface area (Å²) in [5.74, 6) is -0.0409. The molecule has 1 atom stereocenters. The summed E-state index contributed by atoms with van der Waals surface area (Å²) in [6.45, 7) is 10.2. The highest BCUT2D eigenvalue weighted by atomic mass is 35.5. The van der Waals surface area contributed by atoms with Crippen molar-refractivity contribution in [1.29, 1.82) is 0 Å². The quantitative estimate of drug-likeness (QED) is 0.458. The second-order valence-electron chi connectivity index (χ2n) is 7.54. The van der Waals surface area contributed by atoms with Crippen molar-refractivity contribution in [3.63, 3.8) is 0 Å². The maximum atomic E-state index is 11.8. The smallest absolute Gasteiger partial charge is 0.428 e. The van der Waals surface area contributed by atoms with Crippen molar-refractivity contribution < 1.29 is 33.6 Å². The van der Waals surface area contributed by atoms with Crippen molar-refractivity contribution in [2.24, 2.45) is 0 Å². The van der Waals surface area contributed by atoms with Crippen LogP contribution in [0.2, 0.25) is 0 Å². The average molecular weight is 389 g/mol. The molecule has 26 heavy (non-hydrogen) atoms. The fourth-order valence-corrected chi connectivity index (χ4v) is 1.91. The Labute approximate surface area is 158 Å². The van der Waals surface area contributed by atoms with Crippen LogP contribution in [-0.4, -0.2) is 34.5 Å². The van der Waals surface area contributed by atoms with Crippen LogP contribution in [0, 0.1) is 0 Å². The number of alkyl halides is 1. The summed E-state index contributed by atoms with van der Waals surface area (Å²) in [5.41, 5.74) is -1.17. The summed E-state index contributed by atoms with van der Waals surface area (Å²) in [6, 6.07) is 4.11. The fourth-order valence-electron chi connectivity index (χ4n) is 1.73. The van der Waals surface area contributed by atoms with E-state index in [0.29, 0.717) is 5.56 Å². The summed E-state index contributed by atoms with van der Waals surface area (Å²) in [7, 11) is 0. The lowest BCUT2D eigenvalue weighted by atomic mass is 10.1. The summed E-state index contributed by atoms with van der Waals surface area (Å²) < 4.78 is 20.3. The van der Waals surface area contributed by atoms with Crippen molar-refractivity contribution in [3.8, 4) is 11.5 Å². The largest absolute Gasteiger partial charge is 0.514 e. The minimum atomic E-state index is -1.04. The van der Waals surface area contributed by atoms with Crippen LogP contribution in [-0.2, 0) is 9.47 Å². The number of rotatable bonds is 4. The third-order valence-corrected chi connectivity index (χ3v) is 2.91.